The lowest BCUT2D eigenvalue weighted by Gasteiger charge is -2.13. The number of hydrogen-bond donors (Lipinski definition) is 1. The molecule has 0 aliphatic heterocycles. The normalized spacial score (nSPS) is 10.7. The van der Waals surface area contributed by atoms with Crippen molar-refractivity contribution in [1.82, 2.24) is 4.98 Å². The van der Waals surface area contributed by atoms with Crippen molar-refractivity contribution in [3.8, 4) is 11.5 Å². The van der Waals surface area contributed by atoms with E-state index in [1.807, 2.05) is 53.9 Å². The summed E-state index contributed by atoms with van der Waals surface area (Å²) in [5.41, 5.74) is 4.81. The summed E-state index contributed by atoms with van der Waals surface area (Å²) < 4.78 is 11.4. The molecule has 3 aromatic rings. The van der Waals surface area contributed by atoms with Crippen LogP contribution in [0.1, 0.15) is 11.1 Å². The van der Waals surface area contributed by atoms with Gasteiger partial charge in [0.05, 0.1) is 13.3 Å². The van der Waals surface area contributed by atoms with E-state index < -0.39 is 0 Å². The van der Waals surface area contributed by atoms with Gasteiger partial charge in [-0.15, -0.1) is 11.3 Å². The van der Waals surface area contributed by atoms with Crippen LogP contribution in [0.3, 0.4) is 0 Å². The third-order valence-electron chi connectivity index (χ3n) is 3.25. The second kappa shape index (κ2) is 8.12. The molecule has 2 aromatic carbocycles. The summed E-state index contributed by atoms with van der Waals surface area (Å²) in [7, 11) is 1.62. The molecule has 0 aliphatic carbocycles. The van der Waals surface area contributed by atoms with Crippen molar-refractivity contribution in [1.29, 1.82) is 0 Å². The molecule has 0 spiro atoms. The van der Waals surface area contributed by atoms with E-state index in [9.17, 15) is 0 Å². The third-order valence-corrected chi connectivity index (χ3v) is 3.93. The molecule has 0 unspecified atom stereocenters. The molecule has 122 valence electrons. The van der Waals surface area contributed by atoms with E-state index in [2.05, 4.69) is 15.5 Å². The van der Waals surface area contributed by atoms with Crippen molar-refractivity contribution < 1.29 is 9.47 Å². The minimum atomic E-state index is 0.460. The van der Waals surface area contributed by atoms with E-state index in [-0.39, 0.29) is 0 Å². The maximum Gasteiger partial charge on any atom is 0.203 e. The van der Waals surface area contributed by atoms with Crippen molar-refractivity contribution >= 4 is 22.7 Å². The molecule has 0 saturated heterocycles. The number of para-hydroxylation sites is 1. The van der Waals surface area contributed by atoms with Crippen LogP contribution >= 0.6 is 11.3 Å². The van der Waals surface area contributed by atoms with Crippen LogP contribution < -0.4 is 14.9 Å². The highest BCUT2D eigenvalue weighted by atomic mass is 32.1. The number of anilines is 1. The van der Waals surface area contributed by atoms with Crippen molar-refractivity contribution in [2.24, 2.45) is 5.10 Å². The van der Waals surface area contributed by atoms with Crippen LogP contribution in [-0.4, -0.2) is 18.3 Å². The molecule has 24 heavy (non-hydrogen) atoms. The predicted octanol–water partition coefficient (Wildman–Crippen LogP) is 4.18. The molecule has 0 amide bonds. The van der Waals surface area contributed by atoms with Crippen molar-refractivity contribution in [2.75, 3.05) is 12.5 Å². The molecule has 0 saturated carbocycles. The number of rotatable bonds is 7. The van der Waals surface area contributed by atoms with Crippen molar-refractivity contribution in [2.45, 2.75) is 6.61 Å². The summed E-state index contributed by atoms with van der Waals surface area (Å²) in [6.07, 6.45) is 3.42. The monoisotopic (exact) mass is 339 g/mol. The van der Waals surface area contributed by atoms with Gasteiger partial charge in [0.15, 0.2) is 11.5 Å². The van der Waals surface area contributed by atoms with E-state index >= 15 is 0 Å². The first kappa shape index (κ1) is 16.0. The quantitative estimate of drug-likeness (QED) is 0.518. The summed E-state index contributed by atoms with van der Waals surface area (Å²) in [6, 6.07) is 15.7. The maximum absolute atomic E-state index is 5.98. The zero-order valence-electron chi connectivity index (χ0n) is 13.2. The first-order chi connectivity index (χ1) is 11.9. The molecule has 0 fully saturated rings. The zero-order valence-corrected chi connectivity index (χ0v) is 14.0. The molecular weight excluding hydrogens is 322 g/mol. The lowest BCUT2D eigenvalue weighted by molar-refractivity contribution is 0.284. The Morgan fingerprint density at radius 3 is 2.79 bits per heavy atom. The number of hydrogen-bond acceptors (Lipinski definition) is 6. The van der Waals surface area contributed by atoms with Crippen LogP contribution in [0, 0.1) is 0 Å². The SMILES string of the molecule is COc1cccc(/C=N\Nc2nccs2)c1OCc1ccccc1. The Bertz CT molecular complexity index is 789. The molecular formula is C18H17N3O2S. The highest BCUT2D eigenvalue weighted by Gasteiger charge is 2.09. The predicted molar refractivity (Wildman–Crippen MR) is 97.1 cm³/mol. The molecule has 1 aromatic heterocycles. The van der Waals surface area contributed by atoms with E-state index in [1.165, 1.54) is 11.3 Å². The van der Waals surface area contributed by atoms with Crippen LogP contribution in [0.15, 0.2) is 65.2 Å². The first-order valence-electron chi connectivity index (χ1n) is 7.39. The Labute approximate surface area is 144 Å². The molecule has 0 aliphatic rings. The second-order valence-electron chi connectivity index (χ2n) is 4.86. The van der Waals surface area contributed by atoms with Gasteiger partial charge >= 0.3 is 0 Å². The maximum atomic E-state index is 5.98. The van der Waals surface area contributed by atoms with Gasteiger partial charge in [0.25, 0.3) is 0 Å². The molecule has 0 bridgehead atoms. The molecule has 0 radical (unpaired) electrons. The number of ether oxygens (including phenoxy) is 2. The van der Waals surface area contributed by atoms with Crippen LogP contribution in [0.5, 0.6) is 11.5 Å². The Balaban J connectivity index is 1.76. The highest BCUT2D eigenvalue weighted by Crippen LogP contribution is 2.30. The summed E-state index contributed by atoms with van der Waals surface area (Å²) >= 11 is 1.49. The average molecular weight is 339 g/mol. The summed E-state index contributed by atoms with van der Waals surface area (Å²) in [4.78, 5) is 4.12. The summed E-state index contributed by atoms with van der Waals surface area (Å²) in [6.45, 7) is 0.460. The van der Waals surface area contributed by atoms with Gasteiger partial charge in [-0.2, -0.15) is 5.10 Å². The smallest absolute Gasteiger partial charge is 0.203 e. The van der Waals surface area contributed by atoms with Gasteiger partial charge in [-0.1, -0.05) is 36.4 Å². The number of hydrazone groups is 1. The van der Waals surface area contributed by atoms with Crippen LogP contribution in [0.4, 0.5) is 5.13 Å². The fourth-order valence-electron chi connectivity index (χ4n) is 2.12. The molecule has 6 heteroatoms. The van der Waals surface area contributed by atoms with Gasteiger partial charge in [0, 0.05) is 17.1 Å². The highest BCUT2D eigenvalue weighted by molar-refractivity contribution is 7.13. The lowest BCUT2D eigenvalue weighted by atomic mass is 10.2. The fourth-order valence-corrected chi connectivity index (χ4v) is 2.59. The minimum absolute atomic E-state index is 0.460. The summed E-state index contributed by atoms with van der Waals surface area (Å²) in [5.74, 6) is 1.33. The number of thiazole rings is 1. The van der Waals surface area contributed by atoms with Gasteiger partial charge in [-0.25, -0.2) is 4.98 Å². The van der Waals surface area contributed by atoms with Gasteiger partial charge < -0.3 is 9.47 Å². The number of aromatic nitrogens is 1. The Hall–Kier alpha value is -2.86. The topological polar surface area (TPSA) is 55.7 Å². The third kappa shape index (κ3) is 4.11. The van der Waals surface area contributed by atoms with Crippen LogP contribution in [0.25, 0.3) is 0 Å². The number of nitrogens with zero attached hydrogens (tertiary/aromatic N) is 2. The summed E-state index contributed by atoms with van der Waals surface area (Å²) in [5, 5.41) is 6.84. The number of nitrogens with one attached hydrogen (secondary N) is 1. The van der Waals surface area contributed by atoms with Gasteiger partial charge in [-0.3, -0.25) is 5.43 Å². The van der Waals surface area contributed by atoms with Gasteiger partial charge in [0.1, 0.15) is 6.61 Å². The molecule has 3 rings (SSSR count). The Kier molecular flexibility index (Phi) is 5.42. The Morgan fingerprint density at radius 1 is 1.17 bits per heavy atom. The molecule has 0 atom stereocenters. The average Bonchev–Trinajstić information content (AvgIpc) is 3.14. The van der Waals surface area contributed by atoms with E-state index in [0.717, 1.165) is 16.3 Å². The van der Waals surface area contributed by atoms with Gasteiger partial charge in [-0.05, 0) is 17.7 Å². The fraction of sp³-hybridized carbons (Fsp3) is 0.111. The Morgan fingerprint density at radius 2 is 2.04 bits per heavy atom. The van der Waals surface area contributed by atoms with Crippen molar-refractivity contribution in [3.05, 3.63) is 71.2 Å². The minimum Gasteiger partial charge on any atom is -0.493 e. The lowest BCUT2D eigenvalue weighted by Crippen LogP contribution is -2.01. The molecule has 1 N–H and O–H groups in total. The van der Waals surface area contributed by atoms with E-state index in [4.69, 9.17) is 9.47 Å². The van der Waals surface area contributed by atoms with E-state index in [0.29, 0.717) is 18.1 Å². The first-order valence-corrected chi connectivity index (χ1v) is 8.27. The van der Waals surface area contributed by atoms with Crippen molar-refractivity contribution in [3.63, 3.8) is 0 Å². The zero-order chi connectivity index (χ0) is 16.6. The molecule has 5 nitrogen and oxygen atoms in total. The van der Waals surface area contributed by atoms with Crippen LogP contribution in [0.2, 0.25) is 0 Å². The standard InChI is InChI=1S/C18H17N3O2S/c1-22-16-9-5-8-15(12-20-21-18-19-10-11-24-18)17(16)23-13-14-6-3-2-4-7-14/h2-12H,13H2,1H3,(H,19,21)/b20-12-. The number of methoxy groups -OCH3 is 1. The second-order valence-corrected chi connectivity index (χ2v) is 5.75. The number of benzene rings is 2. The van der Waals surface area contributed by atoms with Gasteiger partial charge in [0.2, 0.25) is 5.13 Å². The largest absolute Gasteiger partial charge is 0.493 e. The molecule has 1 heterocycles. The van der Waals surface area contributed by atoms with Crippen LogP contribution in [-0.2, 0) is 6.61 Å². The van der Waals surface area contributed by atoms with E-state index in [1.54, 1.807) is 19.5 Å².